The molecule has 0 bridgehead atoms. The average molecular weight is 282 g/mol. The zero-order chi connectivity index (χ0) is 14.8. The molecule has 0 heterocycles. The average Bonchev–Trinajstić information content (AvgIpc) is 2.47. The second-order valence-corrected chi connectivity index (χ2v) is 4.37. The number of nitro groups is 1. The summed E-state index contributed by atoms with van der Waals surface area (Å²) in [5, 5.41) is 10.7. The van der Waals surface area contributed by atoms with E-state index in [1.807, 2.05) is 0 Å². The summed E-state index contributed by atoms with van der Waals surface area (Å²) >= 11 is 0. The number of nitro benzene ring substituents is 1. The fourth-order valence-electron chi connectivity index (χ4n) is 1.78. The molecule has 0 atom stereocenters. The van der Waals surface area contributed by atoms with E-state index in [0.717, 1.165) is 31.8 Å². The first-order valence-electron chi connectivity index (χ1n) is 6.75. The molecule has 0 aromatic heterocycles. The van der Waals surface area contributed by atoms with E-state index in [1.165, 1.54) is 12.1 Å². The minimum absolute atomic E-state index is 0.0997. The SMILES string of the molecule is CCCOCCN(CCOC)c1ccc([N+](=O)[O-])cc1. The third kappa shape index (κ3) is 5.54. The summed E-state index contributed by atoms with van der Waals surface area (Å²) in [6, 6.07) is 6.55. The topological polar surface area (TPSA) is 64.8 Å². The van der Waals surface area contributed by atoms with Gasteiger partial charge in [0.15, 0.2) is 0 Å². The number of hydrogen-bond acceptors (Lipinski definition) is 5. The second-order valence-electron chi connectivity index (χ2n) is 4.37. The van der Waals surface area contributed by atoms with E-state index in [4.69, 9.17) is 9.47 Å². The Morgan fingerprint density at radius 2 is 1.80 bits per heavy atom. The monoisotopic (exact) mass is 282 g/mol. The maximum Gasteiger partial charge on any atom is 0.269 e. The number of ether oxygens (including phenoxy) is 2. The highest BCUT2D eigenvalue weighted by molar-refractivity contribution is 5.50. The van der Waals surface area contributed by atoms with Gasteiger partial charge in [0, 0.05) is 44.6 Å². The molecule has 112 valence electrons. The zero-order valence-electron chi connectivity index (χ0n) is 12.1. The Balaban J connectivity index is 2.63. The lowest BCUT2D eigenvalue weighted by Crippen LogP contribution is -2.30. The van der Waals surface area contributed by atoms with Crippen molar-refractivity contribution in [3.05, 3.63) is 34.4 Å². The van der Waals surface area contributed by atoms with Gasteiger partial charge in [-0.1, -0.05) is 6.92 Å². The molecule has 1 aromatic rings. The van der Waals surface area contributed by atoms with Gasteiger partial charge in [-0.05, 0) is 18.6 Å². The first-order valence-corrected chi connectivity index (χ1v) is 6.75. The van der Waals surface area contributed by atoms with Gasteiger partial charge in [-0.15, -0.1) is 0 Å². The molecule has 0 N–H and O–H groups in total. The highest BCUT2D eigenvalue weighted by Crippen LogP contribution is 2.19. The molecule has 0 spiro atoms. The van der Waals surface area contributed by atoms with Gasteiger partial charge in [0.2, 0.25) is 0 Å². The van der Waals surface area contributed by atoms with E-state index in [0.29, 0.717) is 13.2 Å². The van der Waals surface area contributed by atoms with Crippen LogP contribution in [0.15, 0.2) is 24.3 Å². The van der Waals surface area contributed by atoms with E-state index in [1.54, 1.807) is 19.2 Å². The van der Waals surface area contributed by atoms with Crippen molar-refractivity contribution in [3.8, 4) is 0 Å². The molecule has 0 fully saturated rings. The number of methoxy groups -OCH3 is 1. The Labute approximate surface area is 119 Å². The molecule has 0 aliphatic rings. The van der Waals surface area contributed by atoms with Crippen LogP contribution in [0.4, 0.5) is 11.4 Å². The van der Waals surface area contributed by atoms with Crippen molar-refractivity contribution >= 4 is 11.4 Å². The Morgan fingerprint density at radius 3 is 2.35 bits per heavy atom. The van der Waals surface area contributed by atoms with Crippen LogP contribution in [0.25, 0.3) is 0 Å². The van der Waals surface area contributed by atoms with Crippen molar-refractivity contribution in [2.24, 2.45) is 0 Å². The highest BCUT2D eigenvalue weighted by atomic mass is 16.6. The van der Waals surface area contributed by atoms with Crippen molar-refractivity contribution in [2.75, 3.05) is 44.9 Å². The predicted molar refractivity (Wildman–Crippen MR) is 78.3 cm³/mol. The van der Waals surface area contributed by atoms with Crippen molar-refractivity contribution in [1.29, 1.82) is 0 Å². The van der Waals surface area contributed by atoms with Gasteiger partial charge in [-0.2, -0.15) is 0 Å². The molecule has 6 nitrogen and oxygen atoms in total. The third-order valence-corrected chi connectivity index (χ3v) is 2.85. The van der Waals surface area contributed by atoms with Gasteiger partial charge in [0.05, 0.1) is 18.1 Å². The summed E-state index contributed by atoms with van der Waals surface area (Å²) in [6.45, 7) is 5.52. The quantitative estimate of drug-likeness (QED) is 0.375. The van der Waals surface area contributed by atoms with Gasteiger partial charge >= 0.3 is 0 Å². The minimum Gasteiger partial charge on any atom is -0.383 e. The fraction of sp³-hybridized carbons (Fsp3) is 0.571. The van der Waals surface area contributed by atoms with Crippen LogP contribution in [0.2, 0.25) is 0 Å². The van der Waals surface area contributed by atoms with Crippen LogP contribution in [-0.2, 0) is 9.47 Å². The molecule has 0 saturated heterocycles. The summed E-state index contributed by atoms with van der Waals surface area (Å²) in [7, 11) is 1.65. The largest absolute Gasteiger partial charge is 0.383 e. The van der Waals surface area contributed by atoms with Crippen LogP contribution in [0.5, 0.6) is 0 Å². The molecule has 1 aromatic carbocycles. The normalized spacial score (nSPS) is 10.5. The number of nitrogens with zero attached hydrogens (tertiary/aromatic N) is 2. The van der Waals surface area contributed by atoms with Crippen LogP contribution >= 0.6 is 0 Å². The molecule has 1 rings (SSSR count). The minimum atomic E-state index is -0.395. The molecule has 0 saturated carbocycles. The maximum atomic E-state index is 10.7. The number of rotatable bonds is 10. The van der Waals surface area contributed by atoms with Crippen LogP contribution in [0, 0.1) is 10.1 Å². The van der Waals surface area contributed by atoms with Crippen LogP contribution in [-0.4, -0.2) is 44.9 Å². The van der Waals surface area contributed by atoms with E-state index in [2.05, 4.69) is 11.8 Å². The second kappa shape index (κ2) is 9.28. The Morgan fingerprint density at radius 1 is 1.15 bits per heavy atom. The molecular formula is C14H22N2O4. The molecular weight excluding hydrogens is 260 g/mol. The molecule has 20 heavy (non-hydrogen) atoms. The number of hydrogen-bond donors (Lipinski definition) is 0. The summed E-state index contributed by atoms with van der Waals surface area (Å²) in [5.41, 5.74) is 1.04. The standard InChI is InChI=1S/C14H22N2O4/c1-3-10-20-12-9-15(8-11-19-2)13-4-6-14(7-5-13)16(17)18/h4-7H,3,8-12H2,1-2H3. The maximum absolute atomic E-state index is 10.7. The smallest absolute Gasteiger partial charge is 0.269 e. The van der Waals surface area contributed by atoms with Crippen LogP contribution in [0.1, 0.15) is 13.3 Å². The summed E-state index contributed by atoms with van der Waals surface area (Å²) < 4.78 is 10.6. The molecule has 0 amide bonds. The summed E-state index contributed by atoms with van der Waals surface area (Å²) in [4.78, 5) is 12.4. The molecule has 0 radical (unpaired) electrons. The first-order chi connectivity index (χ1) is 9.69. The van der Waals surface area contributed by atoms with Crippen molar-refractivity contribution in [2.45, 2.75) is 13.3 Å². The van der Waals surface area contributed by atoms with E-state index in [-0.39, 0.29) is 5.69 Å². The lowest BCUT2D eigenvalue weighted by atomic mass is 10.2. The van der Waals surface area contributed by atoms with Crippen molar-refractivity contribution in [3.63, 3.8) is 0 Å². The third-order valence-electron chi connectivity index (χ3n) is 2.85. The summed E-state index contributed by atoms with van der Waals surface area (Å²) in [6.07, 6.45) is 0.996. The lowest BCUT2D eigenvalue weighted by molar-refractivity contribution is -0.384. The van der Waals surface area contributed by atoms with E-state index in [9.17, 15) is 10.1 Å². The van der Waals surface area contributed by atoms with Crippen LogP contribution < -0.4 is 4.90 Å². The van der Waals surface area contributed by atoms with Gasteiger partial charge in [-0.3, -0.25) is 10.1 Å². The zero-order valence-corrected chi connectivity index (χ0v) is 12.1. The van der Waals surface area contributed by atoms with Gasteiger partial charge < -0.3 is 14.4 Å². The van der Waals surface area contributed by atoms with Gasteiger partial charge in [0.1, 0.15) is 0 Å². The highest BCUT2D eigenvalue weighted by Gasteiger charge is 2.09. The fourth-order valence-corrected chi connectivity index (χ4v) is 1.78. The van der Waals surface area contributed by atoms with Gasteiger partial charge in [0.25, 0.3) is 5.69 Å². The predicted octanol–water partition coefficient (Wildman–Crippen LogP) is 2.47. The number of non-ortho nitro benzene ring substituents is 1. The Kier molecular flexibility index (Phi) is 7.60. The van der Waals surface area contributed by atoms with E-state index < -0.39 is 4.92 Å². The van der Waals surface area contributed by atoms with Gasteiger partial charge in [-0.25, -0.2) is 0 Å². The Hall–Kier alpha value is -1.66. The molecule has 0 aliphatic carbocycles. The Bertz CT molecular complexity index is 395. The number of benzene rings is 1. The summed E-state index contributed by atoms with van der Waals surface area (Å²) in [5.74, 6) is 0. The first kappa shape index (κ1) is 16.4. The van der Waals surface area contributed by atoms with Crippen molar-refractivity contribution in [1.82, 2.24) is 0 Å². The van der Waals surface area contributed by atoms with Crippen molar-refractivity contribution < 1.29 is 14.4 Å². The lowest BCUT2D eigenvalue weighted by Gasteiger charge is -2.24. The van der Waals surface area contributed by atoms with Crippen LogP contribution in [0.3, 0.4) is 0 Å². The molecule has 0 unspecified atom stereocenters. The van der Waals surface area contributed by atoms with E-state index >= 15 is 0 Å². The number of anilines is 1. The molecule has 6 heteroatoms. The molecule has 0 aliphatic heterocycles.